The molecule has 1 amide bonds. The molecule has 1 aliphatic rings. The van der Waals surface area contributed by atoms with E-state index in [1.807, 2.05) is 39.0 Å². The molecule has 164 valence electrons. The fourth-order valence-electron chi connectivity index (χ4n) is 4.22. The van der Waals surface area contributed by atoms with Crippen LogP contribution in [0.15, 0.2) is 44.0 Å². The van der Waals surface area contributed by atoms with Crippen LogP contribution in [-0.2, 0) is 0 Å². The molecule has 1 saturated heterocycles. The molecule has 0 spiro atoms. The normalized spacial score (nSPS) is 16.5. The highest BCUT2D eigenvalue weighted by molar-refractivity contribution is 5.93. The van der Waals surface area contributed by atoms with E-state index in [2.05, 4.69) is 17.1 Å². The third-order valence-corrected chi connectivity index (χ3v) is 6.44. The molecular weight excluding hydrogens is 392 g/mol. The highest BCUT2D eigenvalue weighted by Crippen LogP contribution is 2.28. The first-order valence-corrected chi connectivity index (χ1v) is 11.0. The first-order chi connectivity index (χ1) is 14.8. The van der Waals surface area contributed by atoms with Gasteiger partial charge in [-0.3, -0.25) is 14.5 Å². The zero-order chi connectivity index (χ0) is 22.1. The number of likely N-dealkylation sites (tertiary alicyclic amines) is 1. The number of carbonyl (C=O) groups excluding carboxylic acids is 1. The topological polar surface area (TPSA) is 75.7 Å². The molecule has 0 aliphatic carbocycles. The number of hydrogen-bond donors (Lipinski definition) is 1. The predicted octanol–water partition coefficient (Wildman–Crippen LogP) is 4.51. The molecule has 3 aromatic rings. The van der Waals surface area contributed by atoms with E-state index in [1.54, 1.807) is 6.07 Å². The summed E-state index contributed by atoms with van der Waals surface area (Å²) in [5.74, 6) is 2.05. The highest BCUT2D eigenvalue weighted by atomic mass is 16.3. The molecule has 1 aromatic carbocycles. The van der Waals surface area contributed by atoms with Gasteiger partial charge in [0.2, 0.25) is 0 Å². The number of carbonyl (C=O) groups is 1. The van der Waals surface area contributed by atoms with Gasteiger partial charge in [0.05, 0.1) is 11.4 Å². The number of fused-ring (bicyclic) bond motifs is 1. The molecule has 2 aromatic heterocycles. The summed E-state index contributed by atoms with van der Waals surface area (Å²) in [4.78, 5) is 27.8. The Morgan fingerprint density at radius 2 is 1.87 bits per heavy atom. The molecule has 4 rings (SSSR count). The minimum atomic E-state index is -0.390. The van der Waals surface area contributed by atoms with E-state index in [4.69, 9.17) is 8.83 Å². The van der Waals surface area contributed by atoms with E-state index in [0.29, 0.717) is 23.4 Å². The Balaban J connectivity index is 1.56. The second-order valence-electron chi connectivity index (χ2n) is 8.75. The zero-order valence-corrected chi connectivity index (χ0v) is 18.7. The Morgan fingerprint density at radius 1 is 1.13 bits per heavy atom. The van der Waals surface area contributed by atoms with Crippen molar-refractivity contribution in [1.29, 1.82) is 0 Å². The van der Waals surface area contributed by atoms with Gasteiger partial charge in [-0.15, -0.1) is 0 Å². The minimum absolute atomic E-state index is 0.0350. The number of piperidine rings is 1. The van der Waals surface area contributed by atoms with E-state index in [1.165, 1.54) is 6.07 Å². The molecule has 1 fully saturated rings. The Labute approximate surface area is 182 Å². The molecule has 1 atom stereocenters. The van der Waals surface area contributed by atoms with Crippen molar-refractivity contribution in [2.75, 3.05) is 19.6 Å². The van der Waals surface area contributed by atoms with Crippen molar-refractivity contribution >= 4 is 16.9 Å². The molecule has 31 heavy (non-hydrogen) atoms. The van der Waals surface area contributed by atoms with Crippen LogP contribution in [0.3, 0.4) is 0 Å². The van der Waals surface area contributed by atoms with E-state index in [0.717, 1.165) is 48.6 Å². The van der Waals surface area contributed by atoms with Crippen molar-refractivity contribution in [2.45, 2.75) is 46.6 Å². The summed E-state index contributed by atoms with van der Waals surface area (Å²) in [6.07, 6.45) is 2.25. The number of nitrogens with zero attached hydrogens (tertiary/aromatic N) is 1. The van der Waals surface area contributed by atoms with E-state index < -0.39 is 5.91 Å². The van der Waals surface area contributed by atoms with Crippen molar-refractivity contribution in [1.82, 2.24) is 10.2 Å². The monoisotopic (exact) mass is 422 g/mol. The van der Waals surface area contributed by atoms with Gasteiger partial charge < -0.3 is 14.2 Å². The summed E-state index contributed by atoms with van der Waals surface area (Å²) < 4.78 is 11.8. The van der Waals surface area contributed by atoms with Gasteiger partial charge in [0, 0.05) is 12.6 Å². The SMILES string of the molecule is Cc1ccc([C@@H](CNC(=O)c2cc(=O)c3ccc(C)c(C)c3o2)N2CCC(C)CC2)o1. The summed E-state index contributed by atoms with van der Waals surface area (Å²) in [5, 5.41) is 3.46. The van der Waals surface area contributed by atoms with Gasteiger partial charge in [-0.25, -0.2) is 0 Å². The minimum Gasteiger partial charge on any atom is -0.465 e. The van der Waals surface area contributed by atoms with Crippen LogP contribution in [0.1, 0.15) is 59.0 Å². The average molecular weight is 423 g/mol. The quantitative estimate of drug-likeness (QED) is 0.655. The molecule has 1 N–H and O–H groups in total. The number of benzene rings is 1. The van der Waals surface area contributed by atoms with Crippen LogP contribution in [0.5, 0.6) is 0 Å². The van der Waals surface area contributed by atoms with Gasteiger partial charge in [-0.2, -0.15) is 0 Å². The lowest BCUT2D eigenvalue weighted by atomic mass is 9.97. The summed E-state index contributed by atoms with van der Waals surface area (Å²) in [5.41, 5.74) is 2.15. The number of furan rings is 1. The molecular formula is C25H30N2O4. The van der Waals surface area contributed by atoms with Crippen LogP contribution in [0.4, 0.5) is 0 Å². The summed E-state index contributed by atoms with van der Waals surface area (Å²) >= 11 is 0. The van der Waals surface area contributed by atoms with Crippen molar-refractivity contribution in [3.05, 3.63) is 69.0 Å². The summed E-state index contributed by atoms with van der Waals surface area (Å²) in [6, 6.07) is 8.79. The maximum absolute atomic E-state index is 12.9. The number of amides is 1. The first kappa shape index (κ1) is 21.4. The highest BCUT2D eigenvalue weighted by Gasteiger charge is 2.27. The van der Waals surface area contributed by atoms with Crippen LogP contribution in [-0.4, -0.2) is 30.4 Å². The van der Waals surface area contributed by atoms with Gasteiger partial charge in [-0.1, -0.05) is 13.0 Å². The maximum atomic E-state index is 12.9. The Bertz CT molecular complexity index is 1150. The fraction of sp³-hybridized carbons (Fsp3) is 0.440. The molecule has 0 unspecified atom stereocenters. The van der Waals surface area contributed by atoms with Crippen LogP contribution < -0.4 is 10.7 Å². The molecule has 6 heteroatoms. The van der Waals surface area contributed by atoms with Crippen molar-refractivity contribution in [3.8, 4) is 0 Å². The molecule has 0 saturated carbocycles. The number of hydrogen-bond acceptors (Lipinski definition) is 5. The maximum Gasteiger partial charge on any atom is 0.287 e. The zero-order valence-electron chi connectivity index (χ0n) is 18.7. The smallest absolute Gasteiger partial charge is 0.287 e. The lowest BCUT2D eigenvalue weighted by molar-refractivity contribution is 0.0870. The lowest BCUT2D eigenvalue weighted by Gasteiger charge is -2.35. The van der Waals surface area contributed by atoms with Gasteiger partial charge >= 0.3 is 0 Å². The van der Waals surface area contributed by atoms with Crippen LogP contribution in [0, 0.1) is 26.7 Å². The Morgan fingerprint density at radius 3 is 2.55 bits per heavy atom. The summed E-state index contributed by atoms with van der Waals surface area (Å²) in [7, 11) is 0. The van der Waals surface area contributed by atoms with Crippen LogP contribution in [0.25, 0.3) is 11.0 Å². The van der Waals surface area contributed by atoms with Gasteiger partial charge in [0.15, 0.2) is 11.2 Å². The van der Waals surface area contributed by atoms with Crippen LogP contribution >= 0.6 is 0 Å². The number of rotatable bonds is 5. The van der Waals surface area contributed by atoms with Gasteiger partial charge in [0.25, 0.3) is 5.91 Å². The molecule has 3 heterocycles. The molecule has 1 aliphatic heterocycles. The Kier molecular flexibility index (Phi) is 6.01. The van der Waals surface area contributed by atoms with Crippen molar-refractivity contribution in [2.24, 2.45) is 5.92 Å². The van der Waals surface area contributed by atoms with Crippen molar-refractivity contribution < 1.29 is 13.6 Å². The number of aryl methyl sites for hydroxylation is 3. The molecule has 0 radical (unpaired) electrons. The van der Waals surface area contributed by atoms with E-state index in [9.17, 15) is 9.59 Å². The third-order valence-electron chi connectivity index (χ3n) is 6.44. The molecule has 0 bridgehead atoms. The molecule has 6 nitrogen and oxygen atoms in total. The second kappa shape index (κ2) is 8.71. The van der Waals surface area contributed by atoms with Crippen molar-refractivity contribution in [3.63, 3.8) is 0 Å². The second-order valence-corrected chi connectivity index (χ2v) is 8.75. The van der Waals surface area contributed by atoms with E-state index in [-0.39, 0.29) is 17.2 Å². The van der Waals surface area contributed by atoms with Gasteiger partial charge in [0.1, 0.15) is 17.1 Å². The van der Waals surface area contributed by atoms with E-state index >= 15 is 0 Å². The lowest BCUT2D eigenvalue weighted by Crippen LogP contribution is -2.41. The van der Waals surface area contributed by atoms with Crippen LogP contribution in [0.2, 0.25) is 0 Å². The standard InChI is InChI=1S/C25H30N2O4/c1-15-9-11-27(12-10-15)20(22-8-6-17(3)30-22)14-26-25(29)23-13-21(28)19-7-5-16(2)18(4)24(19)31-23/h5-8,13,15,20H,9-12,14H2,1-4H3,(H,26,29)/t20-/m1/s1. The largest absolute Gasteiger partial charge is 0.465 e. The first-order valence-electron chi connectivity index (χ1n) is 11.0. The fourth-order valence-corrected chi connectivity index (χ4v) is 4.22. The third kappa shape index (κ3) is 4.44. The average Bonchev–Trinajstić information content (AvgIpc) is 3.18. The summed E-state index contributed by atoms with van der Waals surface area (Å²) in [6.45, 7) is 10.4. The van der Waals surface area contributed by atoms with Gasteiger partial charge in [-0.05, 0) is 81.9 Å². The predicted molar refractivity (Wildman–Crippen MR) is 120 cm³/mol. The Hall–Kier alpha value is -2.86. The number of nitrogens with one attached hydrogen (secondary N) is 1.